The normalized spacial score (nSPS) is 11.9. The van der Waals surface area contributed by atoms with Crippen LogP contribution in [0.1, 0.15) is 0 Å². The third-order valence-electron chi connectivity index (χ3n) is 2.64. The number of rotatable bonds is 6. The van der Waals surface area contributed by atoms with Gasteiger partial charge in [0.15, 0.2) is 0 Å². The maximum atomic E-state index is 13.3. The highest BCUT2D eigenvalue weighted by molar-refractivity contribution is 6.30. The molecule has 20 heavy (non-hydrogen) atoms. The Morgan fingerprint density at radius 1 is 1.20 bits per heavy atom. The molecular formula is C15H15ClFNO2. The minimum absolute atomic E-state index is 0.0990. The molecule has 0 aromatic heterocycles. The van der Waals surface area contributed by atoms with Crippen LogP contribution in [0.15, 0.2) is 48.5 Å². The maximum Gasteiger partial charge on any atom is 0.146 e. The largest absolute Gasteiger partial charge is 0.491 e. The summed E-state index contributed by atoms with van der Waals surface area (Å²) in [7, 11) is 0. The van der Waals surface area contributed by atoms with Gasteiger partial charge in [0.25, 0.3) is 0 Å². The van der Waals surface area contributed by atoms with Crippen molar-refractivity contribution in [1.82, 2.24) is 0 Å². The fraction of sp³-hybridized carbons (Fsp3) is 0.200. The average molecular weight is 296 g/mol. The zero-order chi connectivity index (χ0) is 14.4. The summed E-state index contributed by atoms with van der Waals surface area (Å²) in [6.07, 6.45) is -0.756. The van der Waals surface area contributed by atoms with Gasteiger partial charge in [-0.15, -0.1) is 0 Å². The predicted octanol–water partition coefficient (Wildman–Crippen LogP) is 3.33. The Hall–Kier alpha value is -1.78. The Kier molecular flexibility index (Phi) is 5.21. The average Bonchev–Trinajstić information content (AvgIpc) is 2.44. The number of aliphatic hydroxyl groups is 1. The topological polar surface area (TPSA) is 41.5 Å². The second-order valence-corrected chi connectivity index (χ2v) is 4.72. The minimum Gasteiger partial charge on any atom is -0.491 e. The van der Waals surface area contributed by atoms with Gasteiger partial charge in [0.05, 0.1) is 5.69 Å². The molecule has 2 aromatic carbocycles. The quantitative estimate of drug-likeness (QED) is 0.859. The summed E-state index contributed by atoms with van der Waals surface area (Å²) < 4.78 is 18.7. The van der Waals surface area contributed by atoms with Crippen LogP contribution in [0.4, 0.5) is 10.1 Å². The number of nitrogens with one attached hydrogen (secondary N) is 1. The van der Waals surface area contributed by atoms with Gasteiger partial charge in [-0.25, -0.2) is 4.39 Å². The Morgan fingerprint density at radius 2 is 2.00 bits per heavy atom. The van der Waals surface area contributed by atoms with E-state index in [1.54, 1.807) is 42.5 Å². The lowest BCUT2D eigenvalue weighted by Gasteiger charge is -2.14. The smallest absolute Gasteiger partial charge is 0.146 e. The predicted molar refractivity (Wildman–Crippen MR) is 77.8 cm³/mol. The lowest BCUT2D eigenvalue weighted by Crippen LogP contribution is -2.26. The van der Waals surface area contributed by atoms with E-state index in [9.17, 15) is 9.50 Å². The van der Waals surface area contributed by atoms with Crippen molar-refractivity contribution in [1.29, 1.82) is 0 Å². The lowest BCUT2D eigenvalue weighted by atomic mass is 10.3. The molecule has 0 saturated carbocycles. The SMILES string of the molecule is OC(CNc1ccccc1F)COc1cccc(Cl)c1. The molecule has 0 aliphatic rings. The molecule has 0 spiro atoms. The van der Waals surface area contributed by atoms with Gasteiger partial charge in [-0.05, 0) is 30.3 Å². The van der Waals surface area contributed by atoms with Crippen molar-refractivity contribution in [2.45, 2.75) is 6.10 Å². The molecule has 2 N–H and O–H groups in total. The Morgan fingerprint density at radius 3 is 2.75 bits per heavy atom. The van der Waals surface area contributed by atoms with Gasteiger partial charge < -0.3 is 15.2 Å². The Balaban J connectivity index is 1.78. The van der Waals surface area contributed by atoms with Crippen molar-refractivity contribution in [3.8, 4) is 5.75 Å². The Bertz CT molecular complexity index is 565. The van der Waals surface area contributed by atoms with Crippen molar-refractivity contribution in [3.05, 3.63) is 59.4 Å². The van der Waals surface area contributed by atoms with Crippen LogP contribution in [0.2, 0.25) is 5.02 Å². The summed E-state index contributed by atoms with van der Waals surface area (Å²) in [5.74, 6) is 0.234. The molecule has 5 heteroatoms. The molecule has 0 bridgehead atoms. The van der Waals surface area contributed by atoms with Crippen LogP contribution >= 0.6 is 11.6 Å². The monoisotopic (exact) mass is 295 g/mol. The highest BCUT2D eigenvalue weighted by Crippen LogP contribution is 2.17. The van der Waals surface area contributed by atoms with Gasteiger partial charge >= 0.3 is 0 Å². The van der Waals surface area contributed by atoms with E-state index in [-0.39, 0.29) is 19.0 Å². The van der Waals surface area contributed by atoms with Crippen molar-refractivity contribution >= 4 is 17.3 Å². The summed E-state index contributed by atoms with van der Waals surface area (Å²) in [6.45, 7) is 0.295. The van der Waals surface area contributed by atoms with Crippen LogP contribution in [-0.2, 0) is 0 Å². The minimum atomic E-state index is -0.756. The van der Waals surface area contributed by atoms with Gasteiger partial charge in [-0.1, -0.05) is 29.8 Å². The molecule has 0 aliphatic heterocycles. The van der Waals surface area contributed by atoms with E-state index >= 15 is 0 Å². The molecule has 3 nitrogen and oxygen atoms in total. The summed E-state index contributed by atoms with van der Waals surface area (Å²) in [5.41, 5.74) is 0.356. The van der Waals surface area contributed by atoms with Crippen LogP contribution in [-0.4, -0.2) is 24.4 Å². The molecule has 2 aromatic rings. The van der Waals surface area contributed by atoms with Crippen molar-refractivity contribution < 1.29 is 14.2 Å². The molecular weight excluding hydrogens is 281 g/mol. The number of hydrogen-bond donors (Lipinski definition) is 2. The number of benzene rings is 2. The fourth-order valence-electron chi connectivity index (χ4n) is 1.64. The molecule has 0 saturated heterocycles. The summed E-state index contributed by atoms with van der Waals surface area (Å²) >= 11 is 5.82. The van der Waals surface area contributed by atoms with Crippen molar-refractivity contribution in [2.75, 3.05) is 18.5 Å². The standard InChI is InChI=1S/C15H15ClFNO2/c16-11-4-3-5-13(8-11)20-10-12(19)9-18-15-7-2-1-6-14(15)17/h1-8,12,18-19H,9-10H2. The molecule has 2 rings (SSSR count). The van der Waals surface area contributed by atoms with Crippen molar-refractivity contribution in [2.24, 2.45) is 0 Å². The molecule has 1 unspecified atom stereocenters. The summed E-state index contributed by atoms with van der Waals surface area (Å²) in [5, 5.41) is 13.2. The zero-order valence-corrected chi connectivity index (χ0v) is 11.5. The van der Waals surface area contributed by atoms with Crippen LogP contribution in [0, 0.1) is 5.82 Å². The first kappa shape index (κ1) is 14.6. The van der Waals surface area contributed by atoms with E-state index < -0.39 is 6.10 Å². The molecule has 106 valence electrons. The summed E-state index contributed by atoms with van der Waals surface area (Å²) in [4.78, 5) is 0. The third-order valence-corrected chi connectivity index (χ3v) is 2.88. The third kappa shape index (κ3) is 4.40. The van der Waals surface area contributed by atoms with E-state index in [2.05, 4.69) is 5.32 Å². The maximum absolute atomic E-state index is 13.3. The zero-order valence-electron chi connectivity index (χ0n) is 10.7. The van der Waals surface area contributed by atoms with Crippen LogP contribution in [0.25, 0.3) is 0 Å². The van der Waals surface area contributed by atoms with E-state index in [1.165, 1.54) is 6.07 Å². The van der Waals surface area contributed by atoms with E-state index in [4.69, 9.17) is 16.3 Å². The number of ether oxygens (including phenoxy) is 1. The molecule has 0 aliphatic carbocycles. The highest BCUT2D eigenvalue weighted by atomic mass is 35.5. The second-order valence-electron chi connectivity index (χ2n) is 4.28. The van der Waals surface area contributed by atoms with Crippen molar-refractivity contribution in [3.63, 3.8) is 0 Å². The number of para-hydroxylation sites is 1. The van der Waals surface area contributed by atoms with Crippen LogP contribution < -0.4 is 10.1 Å². The molecule has 0 fully saturated rings. The van der Waals surface area contributed by atoms with Gasteiger partial charge in [-0.3, -0.25) is 0 Å². The van der Waals surface area contributed by atoms with Gasteiger partial charge in [0, 0.05) is 11.6 Å². The van der Waals surface area contributed by atoms with Crippen LogP contribution in [0.5, 0.6) is 5.75 Å². The fourth-order valence-corrected chi connectivity index (χ4v) is 1.82. The van der Waals surface area contributed by atoms with E-state index in [0.717, 1.165) is 0 Å². The number of aliphatic hydroxyl groups excluding tert-OH is 1. The molecule has 0 radical (unpaired) electrons. The van der Waals surface area contributed by atoms with E-state index in [1.807, 2.05) is 0 Å². The number of hydrogen-bond acceptors (Lipinski definition) is 3. The Labute approximate surface area is 122 Å². The number of anilines is 1. The molecule has 0 amide bonds. The first-order valence-corrected chi connectivity index (χ1v) is 6.58. The van der Waals surface area contributed by atoms with E-state index in [0.29, 0.717) is 16.5 Å². The molecule has 1 atom stereocenters. The highest BCUT2D eigenvalue weighted by Gasteiger charge is 2.07. The van der Waals surface area contributed by atoms with Gasteiger partial charge in [-0.2, -0.15) is 0 Å². The van der Waals surface area contributed by atoms with Crippen LogP contribution in [0.3, 0.4) is 0 Å². The second kappa shape index (κ2) is 7.12. The summed E-state index contributed by atoms with van der Waals surface area (Å²) in [6, 6.07) is 13.2. The molecule has 0 heterocycles. The van der Waals surface area contributed by atoms with Gasteiger partial charge in [0.2, 0.25) is 0 Å². The first-order valence-electron chi connectivity index (χ1n) is 6.20. The first-order chi connectivity index (χ1) is 9.65. The number of halogens is 2. The lowest BCUT2D eigenvalue weighted by molar-refractivity contribution is 0.117. The van der Waals surface area contributed by atoms with Gasteiger partial charge in [0.1, 0.15) is 24.3 Å².